The number of carbonyl (C=O) groups is 1. The van der Waals surface area contributed by atoms with Gasteiger partial charge in [-0.05, 0) is 6.92 Å². The number of hydrogen-bond donors (Lipinski definition) is 1. The summed E-state index contributed by atoms with van der Waals surface area (Å²) in [6, 6.07) is 0. The van der Waals surface area contributed by atoms with Gasteiger partial charge in [0, 0.05) is 7.05 Å². The summed E-state index contributed by atoms with van der Waals surface area (Å²) in [6.45, 7) is 1.73. The molecule has 72 valence electrons. The van der Waals surface area contributed by atoms with Crippen molar-refractivity contribution in [3.63, 3.8) is 0 Å². The van der Waals surface area contributed by atoms with Gasteiger partial charge in [0.2, 0.25) is 5.82 Å². The van der Waals surface area contributed by atoms with E-state index in [1.54, 1.807) is 20.2 Å². The van der Waals surface area contributed by atoms with E-state index < -0.39 is 5.97 Å². The van der Waals surface area contributed by atoms with Crippen molar-refractivity contribution in [2.24, 2.45) is 7.05 Å². The zero-order valence-corrected chi connectivity index (χ0v) is 7.72. The molecule has 0 spiro atoms. The van der Waals surface area contributed by atoms with E-state index in [0.717, 1.165) is 0 Å². The molecule has 0 aromatic carbocycles. The van der Waals surface area contributed by atoms with Crippen LogP contribution in [0.1, 0.15) is 16.4 Å². The van der Waals surface area contributed by atoms with E-state index in [1.165, 1.54) is 4.57 Å². The van der Waals surface area contributed by atoms with Crippen molar-refractivity contribution in [2.75, 3.05) is 0 Å². The van der Waals surface area contributed by atoms with Gasteiger partial charge < -0.3 is 9.67 Å². The van der Waals surface area contributed by atoms with Gasteiger partial charge in [-0.25, -0.2) is 19.7 Å². The molecule has 0 aliphatic carbocycles. The lowest BCUT2D eigenvalue weighted by Gasteiger charge is -1.95. The highest BCUT2D eigenvalue weighted by Gasteiger charge is 2.14. The fraction of sp³-hybridized carbons (Fsp3) is 0.250. The maximum absolute atomic E-state index is 10.7. The Balaban J connectivity index is 2.79. The summed E-state index contributed by atoms with van der Waals surface area (Å²) in [5.41, 5.74) is 1.03. The van der Waals surface area contributed by atoms with Crippen molar-refractivity contribution in [2.45, 2.75) is 6.92 Å². The largest absolute Gasteiger partial charge is 0.475 e. The minimum atomic E-state index is -1.07. The van der Waals surface area contributed by atoms with E-state index in [1.807, 2.05) is 0 Å². The van der Waals surface area contributed by atoms with Crippen LogP contribution in [0.2, 0.25) is 0 Å². The Morgan fingerprint density at radius 2 is 2.21 bits per heavy atom. The fourth-order valence-electron chi connectivity index (χ4n) is 1.25. The van der Waals surface area contributed by atoms with Crippen LogP contribution in [0.3, 0.4) is 0 Å². The van der Waals surface area contributed by atoms with Gasteiger partial charge in [-0.2, -0.15) is 0 Å². The second kappa shape index (κ2) is 2.76. The van der Waals surface area contributed by atoms with Crippen molar-refractivity contribution >= 4 is 17.1 Å². The Morgan fingerprint density at radius 1 is 1.50 bits per heavy atom. The van der Waals surface area contributed by atoms with Gasteiger partial charge >= 0.3 is 5.97 Å². The van der Waals surface area contributed by atoms with Crippen LogP contribution in [0, 0.1) is 6.92 Å². The molecule has 0 fully saturated rings. The number of nitrogens with zero attached hydrogens (tertiary/aromatic N) is 4. The van der Waals surface area contributed by atoms with E-state index in [0.29, 0.717) is 17.0 Å². The summed E-state index contributed by atoms with van der Waals surface area (Å²) >= 11 is 0. The third-order valence-corrected chi connectivity index (χ3v) is 1.95. The Morgan fingerprint density at radius 3 is 2.86 bits per heavy atom. The van der Waals surface area contributed by atoms with Crippen molar-refractivity contribution in [1.82, 2.24) is 19.5 Å². The lowest BCUT2D eigenvalue weighted by molar-refractivity contribution is 0.0680. The highest BCUT2D eigenvalue weighted by molar-refractivity contribution is 5.88. The van der Waals surface area contributed by atoms with E-state index in [9.17, 15) is 4.79 Å². The van der Waals surface area contributed by atoms with Gasteiger partial charge in [0.25, 0.3) is 0 Å². The Hall–Kier alpha value is -1.98. The van der Waals surface area contributed by atoms with Crippen LogP contribution in [0.25, 0.3) is 11.2 Å². The third-order valence-electron chi connectivity index (χ3n) is 1.95. The molecule has 0 aliphatic rings. The lowest BCUT2D eigenvalue weighted by Crippen LogP contribution is -2.05. The number of fused-ring (bicyclic) bond motifs is 1. The highest BCUT2D eigenvalue weighted by Crippen LogP contribution is 2.11. The molecule has 0 saturated carbocycles. The zero-order chi connectivity index (χ0) is 10.3. The van der Waals surface area contributed by atoms with E-state index in [4.69, 9.17) is 5.11 Å². The Kier molecular flexibility index (Phi) is 1.70. The second-order valence-corrected chi connectivity index (χ2v) is 2.93. The first kappa shape index (κ1) is 8.61. The van der Waals surface area contributed by atoms with Crippen LogP contribution in [0.5, 0.6) is 0 Å². The summed E-state index contributed by atoms with van der Waals surface area (Å²) in [7, 11) is 1.62. The molecule has 0 bridgehead atoms. The van der Waals surface area contributed by atoms with Crippen molar-refractivity contribution in [1.29, 1.82) is 0 Å². The van der Waals surface area contributed by atoms with E-state index >= 15 is 0 Å². The van der Waals surface area contributed by atoms with Gasteiger partial charge in [0.15, 0.2) is 5.65 Å². The standard InChI is InChI=1S/C8H8N4O2/c1-4-9-3-5-6(10-4)11-7(8(13)14)12(5)2/h3H,1-2H3,(H,13,14). The van der Waals surface area contributed by atoms with Gasteiger partial charge in [0.05, 0.1) is 6.20 Å². The molecular formula is C8H8N4O2. The molecule has 1 N–H and O–H groups in total. The van der Waals surface area contributed by atoms with Crippen LogP contribution in [0.4, 0.5) is 0 Å². The predicted octanol–water partition coefficient (Wildman–Crippen LogP) is 0.370. The highest BCUT2D eigenvalue weighted by atomic mass is 16.4. The summed E-state index contributed by atoms with van der Waals surface area (Å²) in [5, 5.41) is 8.80. The molecule has 2 rings (SSSR count). The van der Waals surface area contributed by atoms with Crippen LogP contribution in [0.15, 0.2) is 6.20 Å². The maximum atomic E-state index is 10.7. The van der Waals surface area contributed by atoms with Crippen molar-refractivity contribution in [3.05, 3.63) is 17.8 Å². The average molecular weight is 192 g/mol. The summed E-state index contributed by atoms with van der Waals surface area (Å²) in [4.78, 5) is 22.6. The third kappa shape index (κ3) is 1.12. The van der Waals surface area contributed by atoms with Gasteiger partial charge in [0.1, 0.15) is 11.3 Å². The first-order valence-electron chi connectivity index (χ1n) is 3.99. The molecule has 6 nitrogen and oxygen atoms in total. The molecular weight excluding hydrogens is 184 g/mol. The van der Waals surface area contributed by atoms with Crippen LogP contribution < -0.4 is 0 Å². The smallest absolute Gasteiger partial charge is 0.372 e. The minimum absolute atomic E-state index is 0.0279. The van der Waals surface area contributed by atoms with E-state index in [2.05, 4.69) is 15.0 Å². The molecule has 2 heterocycles. The number of carboxylic acids is 1. The normalized spacial score (nSPS) is 10.7. The topological polar surface area (TPSA) is 80.9 Å². The molecule has 2 aromatic rings. The SMILES string of the molecule is Cc1ncc2c(n1)nc(C(=O)O)n2C. The summed E-state index contributed by atoms with van der Waals surface area (Å²) in [6.07, 6.45) is 1.57. The quantitative estimate of drug-likeness (QED) is 0.705. The number of hydrogen-bond acceptors (Lipinski definition) is 4. The Bertz CT molecular complexity index is 517. The molecule has 0 radical (unpaired) electrons. The molecule has 6 heteroatoms. The number of aryl methyl sites for hydroxylation is 2. The zero-order valence-electron chi connectivity index (χ0n) is 7.72. The molecule has 0 unspecified atom stereocenters. The molecule has 0 aliphatic heterocycles. The molecule has 0 atom stereocenters. The number of imidazole rings is 1. The first-order chi connectivity index (χ1) is 6.59. The van der Waals surface area contributed by atoms with Crippen LogP contribution in [-0.2, 0) is 7.05 Å². The maximum Gasteiger partial charge on any atom is 0.372 e. The predicted molar refractivity (Wildman–Crippen MR) is 48.0 cm³/mol. The van der Waals surface area contributed by atoms with Gasteiger partial charge in [-0.3, -0.25) is 0 Å². The van der Waals surface area contributed by atoms with Crippen molar-refractivity contribution in [3.8, 4) is 0 Å². The average Bonchev–Trinajstić information content (AvgIpc) is 2.43. The lowest BCUT2D eigenvalue weighted by atomic mass is 10.5. The number of aromatic nitrogens is 4. The fourth-order valence-corrected chi connectivity index (χ4v) is 1.25. The monoisotopic (exact) mass is 192 g/mol. The molecule has 0 amide bonds. The van der Waals surface area contributed by atoms with Crippen LogP contribution in [-0.4, -0.2) is 30.6 Å². The number of rotatable bonds is 1. The molecule has 0 saturated heterocycles. The van der Waals surface area contributed by atoms with Crippen LogP contribution >= 0.6 is 0 Å². The number of carboxylic acid groups (broad SMARTS) is 1. The first-order valence-corrected chi connectivity index (χ1v) is 3.99. The van der Waals surface area contributed by atoms with E-state index in [-0.39, 0.29) is 5.82 Å². The van der Waals surface area contributed by atoms with Gasteiger partial charge in [-0.15, -0.1) is 0 Å². The second-order valence-electron chi connectivity index (χ2n) is 2.93. The minimum Gasteiger partial charge on any atom is -0.475 e. The van der Waals surface area contributed by atoms with Gasteiger partial charge in [-0.1, -0.05) is 0 Å². The molecule has 2 aromatic heterocycles. The number of aromatic carboxylic acids is 1. The summed E-state index contributed by atoms with van der Waals surface area (Å²) in [5.74, 6) is -0.518. The Labute approximate surface area is 79.2 Å². The van der Waals surface area contributed by atoms with Crippen molar-refractivity contribution < 1.29 is 9.90 Å². The summed E-state index contributed by atoms with van der Waals surface area (Å²) < 4.78 is 1.46. The molecule has 14 heavy (non-hydrogen) atoms.